The summed E-state index contributed by atoms with van der Waals surface area (Å²) in [4.78, 5) is 27.4. The molecule has 5 nitrogen and oxygen atoms in total. The number of phenolic OH excluding ortho intramolecular Hbond substituents is 1. The molecule has 0 atom stereocenters. The summed E-state index contributed by atoms with van der Waals surface area (Å²) in [5.74, 6) is 0.151. The molecule has 0 radical (unpaired) electrons. The second-order valence-corrected chi connectivity index (χ2v) is 6.02. The Morgan fingerprint density at radius 2 is 2.18 bits per heavy atom. The largest absolute Gasteiger partial charge is 0.506 e. The molecule has 0 unspecified atom stereocenters. The van der Waals surface area contributed by atoms with Crippen molar-refractivity contribution in [2.24, 2.45) is 0 Å². The van der Waals surface area contributed by atoms with Gasteiger partial charge in [-0.05, 0) is 30.5 Å². The molecule has 1 aromatic rings. The molecule has 0 aliphatic carbocycles. The van der Waals surface area contributed by atoms with Crippen molar-refractivity contribution in [1.82, 2.24) is 9.80 Å². The number of carbonyl (C=O) groups excluding carboxylic acids is 2. The van der Waals surface area contributed by atoms with E-state index in [1.54, 1.807) is 24.1 Å². The fourth-order valence-electron chi connectivity index (χ4n) is 2.46. The number of carbonyl (C=O) groups is 2. The minimum atomic E-state index is -0.0359. The SMILES string of the molecule is CN(CCN1CCCCC1=O)C(=O)Cc1ccc(O)c(Cl)c1. The first-order chi connectivity index (χ1) is 10.5. The van der Waals surface area contributed by atoms with Crippen LogP contribution in [0.15, 0.2) is 18.2 Å². The minimum absolute atomic E-state index is 0.00910. The number of nitrogens with zero attached hydrogens (tertiary/aromatic N) is 2. The average Bonchev–Trinajstić information content (AvgIpc) is 2.50. The molecular weight excluding hydrogens is 304 g/mol. The average molecular weight is 325 g/mol. The van der Waals surface area contributed by atoms with Crippen LogP contribution in [0.5, 0.6) is 5.75 Å². The molecular formula is C16H21ClN2O3. The second-order valence-electron chi connectivity index (χ2n) is 5.62. The van der Waals surface area contributed by atoms with Gasteiger partial charge in [0.15, 0.2) is 0 Å². The number of likely N-dealkylation sites (N-methyl/N-ethyl adjacent to an activating group) is 1. The first-order valence-corrected chi connectivity index (χ1v) is 7.84. The van der Waals surface area contributed by atoms with Crippen LogP contribution in [0.2, 0.25) is 5.02 Å². The number of aromatic hydroxyl groups is 1. The third kappa shape index (κ3) is 4.37. The lowest BCUT2D eigenvalue weighted by molar-refractivity contribution is -0.135. The molecule has 1 N–H and O–H groups in total. The Balaban J connectivity index is 1.83. The summed E-state index contributed by atoms with van der Waals surface area (Å²) in [5, 5.41) is 9.62. The summed E-state index contributed by atoms with van der Waals surface area (Å²) < 4.78 is 0. The van der Waals surface area contributed by atoms with Crippen molar-refractivity contribution in [2.75, 3.05) is 26.7 Å². The fourth-order valence-corrected chi connectivity index (χ4v) is 2.67. The Hall–Kier alpha value is -1.75. The van der Waals surface area contributed by atoms with Crippen LogP contribution in [0.3, 0.4) is 0 Å². The van der Waals surface area contributed by atoms with Gasteiger partial charge in [0.1, 0.15) is 5.75 Å². The van der Waals surface area contributed by atoms with E-state index in [1.165, 1.54) is 6.07 Å². The zero-order chi connectivity index (χ0) is 16.1. The number of hydrogen-bond acceptors (Lipinski definition) is 3. The fraction of sp³-hybridized carbons (Fsp3) is 0.500. The number of hydrogen-bond donors (Lipinski definition) is 1. The molecule has 2 rings (SSSR count). The smallest absolute Gasteiger partial charge is 0.226 e. The monoisotopic (exact) mass is 324 g/mol. The van der Waals surface area contributed by atoms with Gasteiger partial charge in [-0.2, -0.15) is 0 Å². The van der Waals surface area contributed by atoms with Crippen molar-refractivity contribution >= 4 is 23.4 Å². The van der Waals surface area contributed by atoms with E-state index < -0.39 is 0 Å². The third-order valence-electron chi connectivity index (χ3n) is 3.92. The highest BCUT2D eigenvalue weighted by molar-refractivity contribution is 6.32. The van der Waals surface area contributed by atoms with Crippen molar-refractivity contribution in [3.05, 3.63) is 28.8 Å². The Kier molecular flexibility index (Phi) is 5.66. The lowest BCUT2D eigenvalue weighted by Crippen LogP contribution is -2.42. The van der Waals surface area contributed by atoms with E-state index in [0.717, 1.165) is 24.9 Å². The number of rotatable bonds is 5. The van der Waals surface area contributed by atoms with Gasteiger partial charge in [-0.3, -0.25) is 9.59 Å². The zero-order valence-electron chi connectivity index (χ0n) is 12.7. The van der Waals surface area contributed by atoms with Crippen molar-refractivity contribution in [3.8, 4) is 5.75 Å². The number of benzene rings is 1. The predicted octanol–water partition coefficient (Wildman–Crippen LogP) is 2.06. The molecule has 1 aromatic carbocycles. The standard InChI is InChI=1S/C16H21ClN2O3/c1-18(8-9-19-7-3-2-4-15(19)21)16(22)11-12-5-6-14(20)13(17)10-12/h5-6,10,20H,2-4,7-9,11H2,1H3. The molecule has 0 spiro atoms. The van der Waals surface area contributed by atoms with E-state index in [-0.39, 0.29) is 29.0 Å². The van der Waals surface area contributed by atoms with Gasteiger partial charge in [-0.1, -0.05) is 17.7 Å². The maximum atomic E-state index is 12.2. The Morgan fingerprint density at radius 3 is 2.86 bits per heavy atom. The van der Waals surface area contributed by atoms with E-state index in [9.17, 15) is 14.7 Å². The molecule has 0 saturated carbocycles. The van der Waals surface area contributed by atoms with Gasteiger partial charge >= 0.3 is 0 Å². The molecule has 6 heteroatoms. The molecule has 1 aliphatic rings. The van der Waals surface area contributed by atoms with Crippen LogP contribution in [0.1, 0.15) is 24.8 Å². The minimum Gasteiger partial charge on any atom is -0.506 e. The normalized spacial score (nSPS) is 15.0. The summed E-state index contributed by atoms with van der Waals surface area (Å²) in [5.41, 5.74) is 0.758. The first kappa shape index (κ1) is 16.6. The van der Waals surface area contributed by atoms with E-state index >= 15 is 0 Å². The summed E-state index contributed by atoms with van der Waals surface area (Å²) >= 11 is 5.84. The second kappa shape index (κ2) is 7.49. The van der Waals surface area contributed by atoms with Crippen molar-refractivity contribution in [2.45, 2.75) is 25.7 Å². The first-order valence-electron chi connectivity index (χ1n) is 7.46. The van der Waals surface area contributed by atoms with Crippen LogP contribution in [0.25, 0.3) is 0 Å². The molecule has 22 heavy (non-hydrogen) atoms. The lowest BCUT2D eigenvalue weighted by atomic mass is 10.1. The Bertz CT molecular complexity index is 562. The molecule has 1 saturated heterocycles. The quantitative estimate of drug-likeness (QED) is 0.902. The van der Waals surface area contributed by atoms with Crippen LogP contribution < -0.4 is 0 Å². The molecule has 2 amide bonds. The summed E-state index contributed by atoms with van der Waals surface area (Å²) in [6.07, 6.45) is 2.84. The molecule has 1 aliphatic heterocycles. The number of piperidine rings is 1. The molecule has 1 fully saturated rings. The van der Waals surface area contributed by atoms with E-state index in [0.29, 0.717) is 19.5 Å². The van der Waals surface area contributed by atoms with Crippen molar-refractivity contribution in [1.29, 1.82) is 0 Å². The highest BCUT2D eigenvalue weighted by Crippen LogP contribution is 2.24. The van der Waals surface area contributed by atoms with Gasteiger partial charge in [0.2, 0.25) is 11.8 Å². The van der Waals surface area contributed by atoms with E-state index in [1.807, 2.05) is 4.90 Å². The van der Waals surface area contributed by atoms with Crippen LogP contribution >= 0.6 is 11.6 Å². The van der Waals surface area contributed by atoms with Crippen LogP contribution in [0.4, 0.5) is 0 Å². The van der Waals surface area contributed by atoms with Gasteiger partial charge in [0, 0.05) is 33.1 Å². The Morgan fingerprint density at radius 1 is 1.41 bits per heavy atom. The predicted molar refractivity (Wildman–Crippen MR) is 84.9 cm³/mol. The number of phenols is 1. The van der Waals surface area contributed by atoms with E-state index in [4.69, 9.17) is 11.6 Å². The maximum Gasteiger partial charge on any atom is 0.226 e. The summed E-state index contributed by atoms with van der Waals surface area (Å²) in [7, 11) is 1.73. The lowest BCUT2D eigenvalue weighted by Gasteiger charge is -2.28. The van der Waals surface area contributed by atoms with Crippen molar-refractivity contribution in [3.63, 3.8) is 0 Å². The number of amides is 2. The van der Waals surface area contributed by atoms with Gasteiger partial charge in [-0.25, -0.2) is 0 Å². The molecule has 0 aromatic heterocycles. The van der Waals surface area contributed by atoms with Crippen LogP contribution in [-0.2, 0) is 16.0 Å². The van der Waals surface area contributed by atoms with Crippen molar-refractivity contribution < 1.29 is 14.7 Å². The van der Waals surface area contributed by atoms with Gasteiger partial charge < -0.3 is 14.9 Å². The highest BCUT2D eigenvalue weighted by Gasteiger charge is 2.19. The summed E-state index contributed by atoms with van der Waals surface area (Å²) in [6.45, 7) is 1.89. The Labute approximate surface area is 135 Å². The molecule has 120 valence electrons. The van der Waals surface area contributed by atoms with Crippen LogP contribution in [0, 0.1) is 0 Å². The summed E-state index contributed by atoms with van der Waals surface area (Å²) in [6, 6.07) is 4.76. The number of halogens is 1. The number of likely N-dealkylation sites (tertiary alicyclic amines) is 1. The van der Waals surface area contributed by atoms with Gasteiger partial charge in [0.05, 0.1) is 11.4 Å². The van der Waals surface area contributed by atoms with E-state index in [2.05, 4.69) is 0 Å². The third-order valence-corrected chi connectivity index (χ3v) is 4.22. The van der Waals surface area contributed by atoms with Gasteiger partial charge in [0.25, 0.3) is 0 Å². The topological polar surface area (TPSA) is 60.9 Å². The zero-order valence-corrected chi connectivity index (χ0v) is 13.5. The van der Waals surface area contributed by atoms with Gasteiger partial charge in [-0.15, -0.1) is 0 Å². The maximum absolute atomic E-state index is 12.2. The molecule has 1 heterocycles. The molecule has 0 bridgehead atoms. The van der Waals surface area contributed by atoms with Crippen LogP contribution in [-0.4, -0.2) is 53.4 Å². The highest BCUT2D eigenvalue weighted by atomic mass is 35.5.